The predicted molar refractivity (Wildman–Crippen MR) is 101 cm³/mol. The topological polar surface area (TPSA) is 73.6 Å². The average molecular weight is 365 g/mol. The number of carbonyl (C=O) groups excluding carboxylic acids is 1. The maximum absolute atomic E-state index is 12.0. The molecule has 1 amide bonds. The second-order valence-electron chi connectivity index (χ2n) is 5.46. The van der Waals surface area contributed by atoms with Crippen molar-refractivity contribution in [2.24, 2.45) is 5.73 Å². The van der Waals surface area contributed by atoms with Gasteiger partial charge in [0.15, 0.2) is 0 Å². The molecule has 0 radical (unpaired) electrons. The minimum Gasteiger partial charge on any atom is -0.497 e. The highest BCUT2D eigenvalue weighted by atomic mass is 35.5. The van der Waals surface area contributed by atoms with Crippen molar-refractivity contribution < 1.29 is 14.3 Å². The van der Waals surface area contributed by atoms with Crippen molar-refractivity contribution >= 4 is 18.3 Å². The number of benzene rings is 2. The molecule has 3 N–H and O–H groups in total. The van der Waals surface area contributed by atoms with Crippen LogP contribution in [0.5, 0.6) is 11.5 Å². The van der Waals surface area contributed by atoms with Gasteiger partial charge >= 0.3 is 0 Å². The van der Waals surface area contributed by atoms with Crippen molar-refractivity contribution in [3.05, 3.63) is 60.2 Å². The molecule has 1 atom stereocenters. The zero-order valence-electron chi connectivity index (χ0n) is 14.3. The lowest BCUT2D eigenvalue weighted by atomic mass is 10.1. The maximum atomic E-state index is 12.0. The molecule has 0 aromatic heterocycles. The molecule has 0 spiro atoms. The molecule has 0 bridgehead atoms. The first-order valence-electron chi connectivity index (χ1n) is 8.03. The van der Waals surface area contributed by atoms with E-state index in [1.165, 1.54) is 0 Å². The first-order chi connectivity index (χ1) is 11.7. The zero-order valence-corrected chi connectivity index (χ0v) is 15.1. The molecule has 2 aromatic carbocycles. The SMILES string of the molecule is COc1ccc(OCCCNC(=O)[C@@H](N)Cc2ccccc2)cc1.Cl. The lowest BCUT2D eigenvalue weighted by Gasteiger charge is -2.12. The number of halogens is 1. The highest BCUT2D eigenvalue weighted by Crippen LogP contribution is 2.16. The van der Waals surface area contributed by atoms with E-state index in [0.717, 1.165) is 23.5 Å². The van der Waals surface area contributed by atoms with Crippen LogP contribution in [0, 0.1) is 0 Å². The van der Waals surface area contributed by atoms with Crippen LogP contribution >= 0.6 is 12.4 Å². The fourth-order valence-corrected chi connectivity index (χ4v) is 2.24. The van der Waals surface area contributed by atoms with Gasteiger partial charge in [-0.2, -0.15) is 0 Å². The van der Waals surface area contributed by atoms with Crippen LogP contribution < -0.4 is 20.5 Å². The molecule has 0 saturated carbocycles. The van der Waals surface area contributed by atoms with Crippen molar-refractivity contribution in [1.29, 1.82) is 0 Å². The van der Waals surface area contributed by atoms with Crippen molar-refractivity contribution in [1.82, 2.24) is 5.32 Å². The number of ether oxygens (including phenoxy) is 2. The number of methoxy groups -OCH3 is 1. The van der Waals surface area contributed by atoms with Crippen LogP contribution in [0.15, 0.2) is 54.6 Å². The van der Waals surface area contributed by atoms with Gasteiger partial charge in [0.05, 0.1) is 19.8 Å². The maximum Gasteiger partial charge on any atom is 0.237 e. The molecule has 25 heavy (non-hydrogen) atoms. The van der Waals surface area contributed by atoms with Crippen molar-refractivity contribution in [3.63, 3.8) is 0 Å². The molecule has 6 heteroatoms. The van der Waals surface area contributed by atoms with Gasteiger partial charge in [0.25, 0.3) is 0 Å². The molecule has 0 heterocycles. The van der Waals surface area contributed by atoms with Crippen LogP contribution in [0.3, 0.4) is 0 Å². The standard InChI is InChI=1S/C19H24N2O3.ClH/c1-23-16-8-10-17(11-9-16)24-13-5-12-21-19(22)18(20)14-15-6-3-2-4-7-15;/h2-4,6-11,18H,5,12-14,20H2,1H3,(H,21,22);1H/t18-;/m0./s1. The third-order valence-corrected chi connectivity index (χ3v) is 3.58. The first-order valence-corrected chi connectivity index (χ1v) is 8.03. The third kappa shape index (κ3) is 7.45. The summed E-state index contributed by atoms with van der Waals surface area (Å²) in [7, 11) is 1.63. The molecule has 2 rings (SSSR count). The highest BCUT2D eigenvalue weighted by molar-refractivity contribution is 5.85. The zero-order chi connectivity index (χ0) is 17.2. The Hall–Kier alpha value is -2.24. The number of hydrogen-bond donors (Lipinski definition) is 2. The molecular formula is C19H25ClN2O3. The molecule has 0 aliphatic rings. The molecule has 2 aromatic rings. The van der Waals surface area contributed by atoms with Crippen molar-refractivity contribution in [2.75, 3.05) is 20.3 Å². The Morgan fingerprint density at radius 1 is 1.08 bits per heavy atom. The molecule has 136 valence electrons. The van der Waals surface area contributed by atoms with Gasteiger partial charge in [-0.1, -0.05) is 30.3 Å². The summed E-state index contributed by atoms with van der Waals surface area (Å²) in [5, 5.41) is 2.84. The van der Waals surface area contributed by atoms with Crippen LogP contribution in [0.25, 0.3) is 0 Å². The predicted octanol–water partition coefficient (Wildman–Crippen LogP) is 2.57. The van der Waals surface area contributed by atoms with Crippen LogP contribution in [0.2, 0.25) is 0 Å². The molecule has 5 nitrogen and oxygen atoms in total. The lowest BCUT2D eigenvalue weighted by molar-refractivity contribution is -0.122. The summed E-state index contributed by atoms with van der Waals surface area (Å²) >= 11 is 0. The summed E-state index contributed by atoms with van der Waals surface area (Å²) < 4.78 is 10.7. The average Bonchev–Trinajstić information content (AvgIpc) is 2.62. The van der Waals surface area contributed by atoms with E-state index in [-0.39, 0.29) is 18.3 Å². The molecule has 0 fully saturated rings. The molecule has 0 saturated heterocycles. The van der Waals surface area contributed by atoms with Gasteiger partial charge in [0.1, 0.15) is 11.5 Å². The Morgan fingerprint density at radius 2 is 1.72 bits per heavy atom. The van der Waals surface area contributed by atoms with E-state index in [4.69, 9.17) is 15.2 Å². The van der Waals surface area contributed by atoms with E-state index in [9.17, 15) is 4.79 Å². The van der Waals surface area contributed by atoms with Crippen LogP contribution in [0.4, 0.5) is 0 Å². The summed E-state index contributed by atoms with van der Waals surface area (Å²) in [6.07, 6.45) is 1.25. The summed E-state index contributed by atoms with van der Waals surface area (Å²) in [5.74, 6) is 1.44. The van der Waals surface area contributed by atoms with E-state index >= 15 is 0 Å². The minimum atomic E-state index is -0.532. The third-order valence-electron chi connectivity index (χ3n) is 3.58. The molecule has 0 unspecified atom stereocenters. The summed E-state index contributed by atoms with van der Waals surface area (Å²) in [4.78, 5) is 12.0. The fourth-order valence-electron chi connectivity index (χ4n) is 2.24. The minimum absolute atomic E-state index is 0. The van der Waals surface area contributed by atoms with E-state index in [0.29, 0.717) is 19.6 Å². The van der Waals surface area contributed by atoms with E-state index in [1.54, 1.807) is 7.11 Å². The number of amides is 1. The molecular weight excluding hydrogens is 340 g/mol. The Kier molecular flexibility index (Phi) is 9.43. The largest absolute Gasteiger partial charge is 0.497 e. The molecule has 0 aliphatic carbocycles. The van der Waals surface area contributed by atoms with Crippen molar-refractivity contribution in [3.8, 4) is 11.5 Å². The quantitative estimate of drug-likeness (QED) is 0.671. The number of rotatable bonds is 9. The van der Waals surface area contributed by atoms with Gasteiger partial charge in [0.2, 0.25) is 5.91 Å². The fraction of sp³-hybridized carbons (Fsp3) is 0.316. The smallest absolute Gasteiger partial charge is 0.237 e. The number of carbonyl (C=O) groups is 1. The van der Waals surface area contributed by atoms with Crippen LogP contribution in [-0.4, -0.2) is 32.2 Å². The van der Waals surface area contributed by atoms with Gasteiger partial charge in [-0.05, 0) is 42.7 Å². The normalized spacial score (nSPS) is 11.1. The Balaban J connectivity index is 0.00000312. The number of hydrogen-bond acceptors (Lipinski definition) is 4. The van der Waals surface area contributed by atoms with Gasteiger partial charge < -0.3 is 20.5 Å². The van der Waals surface area contributed by atoms with E-state index in [1.807, 2.05) is 54.6 Å². The number of nitrogens with one attached hydrogen (secondary N) is 1. The lowest BCUT2D eigenvalue weighted by Crippen LogP contribution is -2.42. The Morgan fingerprint density at radius 3 is 2.36 bits per heavy atom. The second-order valence-corrected chi connectivity index (χ2v) is 5.46. The van der Waals surface area contributed by atoms with E-state index < -0.39 is 6.04 Å². The van der Waals surface area contributed by atoms with Crippen molar-refractivity contribution in [2.45, 2.75) is 18.9 Å². The van der Waals surface area contributed by atoms with Gasteiger partial charge in [0, 0.05) is 6.54 Å². The van der Waals surface area contributed by atoms with Gasteiger partial charge in [-0.15, -0.1) is 12.4 Å². The first kappa shape index (κ1) is 20.8. The Bertz CT molecular complexity index is 620. The van der Waals surface area contributed by atoms with Crippen LogP contribution in [-0.2, 0) is 11.2 Å². The van der Waals surface area contributed by atoms with E-state index in [2.05, 4.69) is 5.32 Å². The summed E-state index contributed by atoms with van der Waals surface area (Å²) in [6.45, 7) is 1.07. The van der Waals surface area contributed by atoms with Crippen LogP contribution in [0.1, 0.15) is 12.0 Å². The van der Waals surface area contributed by atoms with Gasteiger partial charge in [-0.25, -0.2) is 0 Å². The Labute approximate surface area is 154 Å². The van der Waals surface area contributed by atoms with Gasteiger partial charge in [-0.3, -0.25) is 4.79 Å². The monoisotopic (exact) mass is 364 g/mol. The number of nitrogens with two attached hydrogens (primary N) is 1. The molecule has 0 aliphatic heterocycles. The highest BCUT2D eigenvalue weighted by Gasteiger charge is 2.13. The summed E-state index contributed by atoms with van der Waals surface area (Å²) in [6, 6.07) is 16.6. The second kappa shape index (κ2) is 11.3. The summed E-state index contributed by atoms with van der Waals surface area (Å²) in [5.41, 5.74) is 6.99.